The second-order valence-electron chi connectivity index (χ2n) is 3.99. The van der Waals surface area contributed by atoms with E-state index in [0.29, 0.717) is 23.1 Å². The van der Waals surface area contributed by atoms with Crippen molar-refractivity contribution in [2.75, 3.05) is 12.4 Å². The predicted octanol–water partition coefficient (Wildman–Crippen LogP) is 2.72. The quantitative estimate of drug-likeness (QED) is 0.848. The van der Waals surface area contributed by atoms with E-state index in [0.717, 1.165) is 5.69 Å². The second kappa shape index (κ2) is 6.81. The van der Waals surface area contributed by atoms with Crippen LogP contribution >= 0.6 is 12.2 Å². The monoisotopic (exact) mass is 291 g/mol. The lowest BCUT2D eigenvalue weighted by atomic mass is 10.2. The van der Waals surface area contributed by atoms with Gasteiger partial charge < -0.3 is 15.4 Å². The SMILES string of the molecule is COc1ccc(NC(=S)NCc2ccccc2F)cn1. The van der Waals surface area contributed by atoms with Crippen LogP contribution in [0.4, 0.5) is 10.1 Å². The van der Waals surface area contributed by atoms with Gasteiger partial charge in [0.15, 0.2) is 5.11 Å². The Balaban J connectivity index is 1.87. The number of hydrogen-bond acceptors (Lipinski definition) is 3. The first kappa shape index (κ1) is 14.2. The summed E-state index contributed by atoms with van der Waals surface area (Å²) in [6.07, 6.45) is 1.61. The zero-order valence-electron chi connectivity index (χ0n) is 10.9. The van der Waals surface area contributed by atoms with Gasteiger partial charge in [0.1, 0.15) is 5.82 Å². The van der Waals surface area contributed by atoms with Crippen LogP contribution in [0.25, 0.3) is 0 Å². The molecule has 0 saturated carbocycles. The molecule has 2 aromatic rings. The molecule has 6 heteroatoms. The van der Waals surface area contributed by atoms with Crippen LogP contribution in [-0.4, -0.2) is 17.2 Å². The number of pyridine rings is 1. The van der Waals surface area contributed by atoms with Crippen LogP contribution in [0.2, 0.25) is 0 Å². The van der Waals surface area contributed by atoms with Crippen LogP contribution < -0.4 is 15.4 Å². The van der Waals surface area contributed by atoms with Gasteiger partial charge in [0.05, 0.1) is 19.0 Å². The van der Waals surface area contributed by atoms with E-state index in [2.05, 4.69) is 15.6 Å². The topological polar surface area (TPSA) is 46.2 Å². The molecular weight excluding hydrogens is 277 g/mol. The standard InChI is InChI=1S/C14H14FN3OS/c1-19-13-7-6-11(9-16-13)18-14(20)17-8-10-4-2-3-5-12(10)15/h2-7,9H,8H2,1H3,(H2,17,18,20). The van der Waals surface area contributed by atoms with Gasteiger partial charge in [0.25, 0.3) is 0 Å². The van der Waals surface area contributed by atoms with Crippen molar-refractivity contribution in [2.24, 2.45) is 0 Å². The molecule has 0 radical (unpaired) electrons. The van der Waals surface area contributed by atoms with E-state index < -0.39 is 0 Å². The molecule has 0 aliphatic rings. The van der Waals surface area contributed by atoms with Crippen LogP contribution in [0.3, 0.4) is 0 Å². The van der Waals surface area contributed by atoms with Gasteiger partial charge in [-0.15, -0.1) is 0 Å². The summed E-state index contributed by atoms with van der Waals surface area (Å²) in [5.41, 5.74) is 1.29. The van der Waals surface area contributed by atoms with Crippen molar-refractivity contribution in [1.29, 1.82) is 0 Å². The number of halogens is 1. The fraction of sp³-hybridized carbons (Fsp3) is 0.143. The summed E-state index contributed by atoms with van der Waals surface area (Å²) in [6, 6.07) is 10.1. The molecule has 2 rings (SSSR count). The zero-order valence-corrected chi connectivity index (χ0v) is 11.7. The lowest BCUT2D eigenvalue weighted by molar-refractivity contribution is 0.398. The Morgan fingerprint density at radius 3 is 2.75 bits per heavy atom. The summed E-state index contributed by atoms with van der Waals surface area (Å²) >= 11 is 5.14. The molecule has 0 amide bonds. The van der Waals surface area contributed by atoms with Crippen LogP contribution in [0, 0.1) is 5.82 Å². The van der Waals surface area contributed by atoms with Gasteiger partial charge in [-0.25, -0.2) is 9.37 Å². The van der Waals surface area contributed by atoms with Gasteiger partial charge in [-0.3, -0.25) is 0 Å². The molecule has 0 aliphatic heterocycles. The highest BCUT2D eigenvalue weighted by Crippen LogP contribution is 2.11. The van der Waals surface area contributed by atoms with Crippen LogP contribution in [0.15, 0.2) is 42.6 Å². The van der Waals surface area contributed by atoms with Gasteiger partial charge in [-0.2, -0.15) is 0 Å². The van der Waals surface area contributed by atoms with E-state index in [1.807, 2.05) is 0 Å². The molecule has 2 N–H and O–H groups in total. The maximum Gasteiger partial charge on any atom is 0.213 e. The molecule has 0 aliphatic carbocycles. The van der Waals surface area contributed by atoms with Crippen molar-refractivity contribution in [3.8, 4) is 5.88 Å². The second-order valence-corrected chi connectivity index (χ2v) is 4.40. The van der Waals surface area contributed by atoms with E-state index in [1.54, 1.807) is 43.6 Å². The van der Waals surface area contributed by atoms with E-state index >= 15 is 0 Å². The molecule has 0 fully saturated rings. The van der Waals surface area contributed by atoms with Crippen molar-refractivity contribution in [1.82, 2.24) is 10.3 Å². The highest BCUT2D eigenvalue weighted by atomic mass is 32.1. The highest BCUT2D eigenvalue weighted by Gasteiger charge is 2.02. The Hall–Kier alpha value is -2.21. The number of methoxy groups -OCH3 is 1. The van der Waals surface area contributed by atoms with Crippen molar-refractivity contribution >= 4 is 23.0 Å². The fourth-order valence-corrected chi connectivity index (χ4v) is 1.76. The Morgan fingerprint density at radius 2 is 2.10 bits per heavy atom. The number of benzene rings is 1. The molecule has 0 unspecified atom stereocenters. The third-order valence-electron chi connectivity index (χ3n) is 2.60. The number of rotatable bonds is 4. The minimum atomic E-state index is -0.256. The summed E-state index contributed by atoms with van der Waals surface area (Å²) in [7, 11) is 1.55. The summed E-state index contributed by atoms with van der Waals surface area (Å²) < 4.78 is 18.4. The molecule has 0 atom stereocenters. The van der Waals surface area contributed by atoms with Gasteiger partial charge in [0, 0.05) is 18.2 Å². The Morgan fingerprint density at radius 1 is 1.30 bits per heavy atom. The Bertz CT molecular complexity index is 589. The predicted molar refractivity (Wildman–Crippen MR) is 80.2 cm³/mol. The summed E-state index contributed by atoms with van der Waals surface area (Å²) in [5.74, 6) is 0.273. The number of nitrogens with zero attached hydrogens (tertiary/aromatic N) is 1. The van der Waals surface area contributed by atoms with E-state index in [4.69, 9.17) is 17.0 Å². The van der Waals surface area contributed by atoms with Crippen molar-refractivity contribution in [2.45, 2.75) is 6.54 Å². The molecule has 1 aromatic carbocycles. The third-order valence-corrected chi connectivity index (χ3v) is 2.85. The molecule has 0 saturated heterocycles. The smallest absolute Gasteiger partial charge is 0.213 e. The normalized spacial score (nSPS) is 9.90. The highest BCUT2D eigenvalue weighted by molar-refractivity contribution is 7.80. The van der Waals surface area contributed by atoms with Gasteiger partial charge >= 0.3 is 0 Å². The largest absolute Gasteiger partial charge is 0.481 e. The Kier molecular flexibility index (Phi) is 4.84. The number of thiocarbonyl (C=S) groups is 1. The number of anilines is 1. The van der Waals surface area contributed by atoms with Crippen LogP contribution in [0.1, 0.15) is 5.56 Å². The minimum absolute atomic E-state index is 0.256. The van der Waals surface area contributed by atoms with Crippen molar-refractivity contribution in [3.05, 3.63) is 54.0 Å². The first-order chi connectivity index (χ1) is 9.69. The molecule has 104 valence electrons. The zero-order chi connectivity index (χ0) is 14.4. The molecule has 0 spiro atoms. The average molecular weight is 291 g/mol. The maximum absolute atomic E-state index is 13.4. The molecule has 1 heterocycles. The molecule has 0 bridgehead atoms. The molecule has 20 heavy (non-hydrogen) atoms. The fourth-order valence-electron chi connectivity index (χ4n) is 1.57. The lowest BCUT2D eigenvalue weighted by Crippen LogP contribution is -2.28. The van der Waals surface area contributed by atoms with Crippen molar-refractivity contribution < 1.29 is 9.13 Å². The molecular formula is C14H14FN3OS. The van der Waals surface area contributed by atoms with Gasteiger partial charge in [-0.1, -0.05) is 18.2 Å². The number of nitrogens with one attached hydrogen (secondary N) is 2. The first-order valence-corrected chi connectivity index (χ1v) is 6.38. The van der Waals surface area contributed by atoms with E-state index in [1.165, 1.54) is 6.07 Å². The maximum atomic E-state index is 13.4. The molecule has 4 nitrogen and oxygen atoms in total. The van der Waals surface area contributed by atoms with E-state index in [9.17, 15) is 4.39 Å². The Labute approximate surface area is 122 Å². The minimum Gasteiger partial charge on any atom is -0.481 e. The van der Waals surface area contributed by atoms with Crippen LogP contribution in [0.5, 0.6) is 5.88 Å². The molecule has 1 aromatic heterocycles. The number of aromatic nitrogens is 1. The van der Waals surface area contributed by atoms with Gasteiger partial charge in [-0.05, 0) is 24.4 Å². The summed E-state index contributed by atoms with van der Waals surface area (Å²) in [5, 5.41) is 6.30. The van der Waals surface area contributed by atoms with E-state index in [-0.39, 0.29) is 5.82 Å². The van der Waals surface area contributed by atoms with Crippen LogP contribution in [-0.2, 0) is 6.54 Å². The third kappa shape index (κ3) is 3.89. The average Bonchev–Trinajstić information content (AvgIpc) is 2.47. The summed E-state index contributed by atoms with van der Waals surface area (Å²) in [4.78, 5) is 4.05. The first-order valence-electron chi connectivity index (χ1n) is 5.97. The number of hydrogen-bond donors (Lipinski definition) is 2. The summed E-state index contributed by atoms with van der Waals surface area (Å²) in [6.45, 7) is 0.322. The van der Waals surface area contributed by atoms with Crippen molar-refractivity contribution in [3.63, 3.8) is 0 Å². The number of ether oxygens (including phenoxy) is 1. The lowest BCUT2D eigenvalue weighted by Gasteiger charge is -2.11. The van der Waals surface area contributed by atoms with Gasteiger partial charge in [0.2, 0.25) is 5.88 Å².